The van der Waals surface area contributed by atoms with E-state index in [1.165, 1.54) is 7.11 Å². The smallest absolute Gasteiger partial charge is 0.336 e. The lowest BCUT2D eigenvalue weighted by Crippen LogP contribution is -2.06. The van der Waals surface area contributed by atoms with Gasteiger partial charge >= 0.3 is 5.97 Å². The van der Waals surface area contributed by atoms with Crippen LogP contribution in [0, 0.1) is 5.92 Å². The third-order valence-corrected chi connectivity index (χ3v) is 3.42. The highest BCUT2D eigenvalue weighted by Crippen LogP contribution is 2.30. The van der Waals surface area contributed by atoms with E-state index in [0.717, 1.165) is 5.56 Å². The normalized spacial score (nSPS) is 11.4. The van der Waals surface area contributed by atoms with Gasteiger partial charge in [0, 0.05) is 11.1 Å². The number of carboxylic acids is 1. The van der Waals surface area contributed by atoms with Gasteiger partial charge in [-0.3, -0.25) is 0 Å². The monoisotopic (exact) mass is 326 g/mol. The molecule has 0 bridgehead atoms. The van der Waals surface area contributed by atoms with Crippen LogP contribution in [0.2, 0.25) is 0 Å². The van der Waals surface area contributed by atoms with Gasteiger partial charge in [0.1, 0.15) is 11.5 Å². The maximum Gasteiger partial charge on any atom is 0.336 e. The topological polar surface area (TPSA) is 55.8 Å². The molecule has 0 aliphatic carbocycles. The molecule has 0 aromatic heterocycles. The molecule has 0 amide bonds. The van der Waals surface area contributed by atoms with Crippen LogP contribution in [0.1, 0.15) is 25.0 Å². The first kappa shape index (κ1) is 17.6. The first-order chi connectivity index (χ1) is 11.5. The van der Waals surface area contributed by atoms with E-state index in [4.69, 9.17) is 9.47 Å². The highest BCUT2D eigenvalue weighted by atomic mass is 16.5. The summed E-state index contributed by atoms with van der Waals surface area (Å²) in [7, 11) is 1.53. The van der Waals surface area contributed by atoms with Crippen LogP contribution in [0.25, 0.3) is 11.6 Å². The lowest BCUT2D eigenvalue weighted by molar-refractivity contribution is -0.130. The van der Waals surface area contributed by atoms with Crippen LogP contribution >= 0.6 is 0 Å². The molecule has 0 heterocycles. The Morgan fingerprint density at radius 2 is 1.71 bits per heavy atom. The van der Waals surface area contributed by atoms with Crippen molar-refractivity contribution in [3.63, 3.8) is 0 Å². The Kier molecular flexibility index (Phi) is 6.01. The summed E-state index contributed by atoms with van der Waals surface area (Å²) in [5, 5.41) is 9.65. The van der Waals surface area contributed by atoms with Crippen LogP contribution in [0.4, 0.5) is 0 Å². The van der Waals surface area contributed by atoms with E-state index in [-0.39, 0.29) is 5.57 Å². The number of carboxylic acid groups (broad SMARTS) is 1. The Balaban J connectivity index is 2.47. The summed E-state index contributed by atoms with van der Waals surface area (Å²) in [6.07, 6.45) is 1.62. The Bertz CT molecular complexity index is 732. The van der Waals surface area contributed by atoms with Crippen molar-refractivity contribution >= 4 is 17.6 Å². The SMILES string of the molecule is COc1ccccc1/C(=C/c1ccccc1OCC(C)C)C(=O)O. The van der Waals surface area contributed by atoms with E-state index in [9.17, 15) is 9.90 Å². The number of methoxy groups -OCH3 is 1. The summed E-state index contributed by atoms with van der Waals surface area (Å²) in [6.45, 7) is 4.70. The second-order valence-corrected chi connectivity index (χ2v) is 5.81. The molecule has 0 aliphatic rings. The van der Waals surface area contributed by atoms with Gasteiger partial charge in [0.25, 0.3) is 0 Å². The summed E-state index contributed by atoms with van der Waals surface area (Å²) in [4.78, 5) is 11.8. The molecule has 24 heavy (non-hydrogen) atoms. The van der Waals surface area contributed by atoms with E-state index in [1.807, 2.05) is 30.3 Å². The zero-order chi connectivity index (χ0) is 17.5. The molecule has 1 N–H and O–H groups in total. The minimum atomic E-state index is -1.02. The number of ether oxygens (including phenoxy) is 2. The van der Waals surface area contributed by atoms with Crippen LogP contribution in [0.3, 0.4) is 0 Å². The number of hydrogen-bond acceptors (Lipinski definition) is 3. The summed E-state index contributed by atoms with van der Waals surface area (Å²) in [5.41, 5.74) is 1.42. The number of benzene rings is 2. The summed E-state index contributed by atoms with van der Waals surface area (Å²) >= 11 is 0. The second-order valence-electron chi connectivity index (χ2n) is 5.81. The zero-order valence-electron chi connectivity index (χ0n) is 14.2. The Morgan fingerprint density at radius 1 is 1.08 bits per heavy atom. The molecule has 126 valence electrons. The fourth-order valence-electron chi connectivity index (χ4n) is 2.27. The summed E-state index contributed by atoms with van der Waals surface area (Å²) < 4.78 is 11.1. The van der Waals surface area contributed by atoms with Crippen molar-refractivity contribution in [1.82, 2.24) is 0 Å². The van der Waals surface area contributed by atoms with Gasteiger partial charge < -0.3 is 14.6 Å². The van der Waals surface area contributed by atoms with E-state index < -0.39 is 5.97 Å². The van der Waals surface area contributed by atoms with E-state index in [2.05, 4.69) is 13.8 Å². The van der Waals surface area contributed by atoms with Gasteiger partial charge in [-0.1, -0.05) is 50.2 Å². The Morgan fingerprint density at radius 3 is 2.33 bits per heavy atom. The Labute approximate surface area is 142 Å². The number of rotatable bonds is 7. The number of para-hydroxylation sites is 2. The molecule has 4 heteroatoms. The van der Waals surface area contributed by atoms with Gasteiger partial charge in [0.2, 0.25) is 0 Å². The predicted octanol–water partition coefficient (Wildman–Crippen LogP) is 4.36. The average molecular weight is 326 g/mol. The van der Waals surface area contributed by atoms with E-state index in [1.54, 1.807) is 24.3 Å². The third kappa shape index (κ3) is 4.38. The van der Waals surface area contributed by atoms with E-state index in [0.29, 0.717) is 29.6 Å². The number of hydrogen-bond donors (Lipinski definition) is 1. The van der Waals surface area contributed by atoms with Crippen molar-refractivity contribution < 1.29 is 19.4 Å². The van der Waals surface area contributed by atoms with Gasteiger partial charge in [-0.25, -0.2) is 4.79 Å². The quantitative estimate of drug-likeness (QED) is 0.607. The molecular formula is C20H22O4. The molecule has 0 spiro atoms. The standard InChI is InChI=1S/C20H22O4/c1-14(2)13-24-18-10-6-4-8-15(18)12-17(20(21)22)16-9-5-7-11-19(16)23-3/h4-12,14H,13H2,1-3H3,(H,21,22)/b17-12-. The van der Waals surface area contributed by atoms with Gasteiger partial charge in [-0.05, 0) is 24.1 Å². The van der Waals surface area contributed by atoms with Crippen molar-refractivity contribution in [3.8, 4) is 11.5 Å². The molecule has 2 rings (SSSR count). The number of carbonyl (C=O) groups is 1. The molecule has 0 atom stereocenters. The van der Waals surface area contributed by atoms with Crippen LogP contribution < -0.4 is 9.47 Å². The zero-order valence-corrected chi connectivity index (χ0v) is 14.2. The van der Waals surface area contributed by atoms with Gasteiger partial charge in [0.15, 0.2) is 0 Å². The first-order valence-electron chi connectivity index (χ1n) is 7.83. The predicted molar refractivity (Wildman–Crippen MR) is 95.3 cm³/mol. The van der Waals surface area contributed by atoms with Crippen LogP contribution in [0.5, 0.6) is 11.5 Å². The maximum absolute atomic E-state index is 11.8. The largest absolute Gasteiger partial charge is 0.496 e. The first-order valence-corrected chi connectivity index (χ1v) is 7.83. The third-order valence-electron chi connectivity index (χ3n) is 3.42. The van der Waals surface area contributed by atoms with Crippen molar-refractivity contribution in [2.45, 2.75) is 13.8 Å². The second kappa shape index (κ2) is 8.20. The molecule has 0 radical (unpaired) electrons. The fraction of sp³-hybridized carbons (Fsp3) is 0.250. The molecule has 0 saturated heterocycles. The van der Waals surface area contributed by atoms with Gasteiger partial charge in [0.05, 0.1) is 19.3 Å². The molecule has 0 unspecified atom stereocenters. The van der Waals surface area contributed by atoms with Gasteiger partial charge in [-0.15, -0.1) is 0 Å². The van der Waals surface area contributed by atoms with Crippen molar-refractivity contribution in [3.05, 3.63) is 59.7 Å². The molecule has 0 saturated carbocycles. The van der Waals surface area contributed by atoms with Crippen LogP contribution in [-0.4, -0.2) is 24.8 Å². The Hall–Kier alpha value is -2.75. The van der Waals surface area contributed by atoms with Gasteiger partial charge in [-0.2, -0.15) is 0 Å². The van der Waals surface area contributed by atoms with Crippen LogP contribution in [0.15, 0.2) is 48.5 Å². The van der Waals surface area contributed by atoms with E-state index >= 15 is 0 Å². The minimum absolute atomic E-state index is 0.160. The molecule has 0 fully saturated rings. The van der Waals surface area contributed by atoms with Crippen LogP contribution in [-0.2, 0) is 4.79 Å². The van der Waals surface area contributed by atoms with Crippen molar-refractivity contribution in [2.75, 3.05) is 13.7 Å². The molecule has 2 aromatic carbocycles. The number of aliphatic carboxylic acids is 1. The lowest BCUT2D eigenvalue weighted by atomic mass is 10.0. The highest BCUT2D eigenvalue weighted by Gasteiger charge is 2.16. The molecule has 2 aromatic rings. The van der Waals surface area contributed by atoms with Crippen molar-refractivity contribution in [2.24, 2.45) is 5.92 Å². The van der Waals surface area contributed by atoms with Crippen molar-refractivity contribution in [1.29, 1.82) is 0 Å². The molecule has 4 nitrogen and oxygen atoms in total. The summed E-state index contributed by atoms with van der Waals surface area (Å²) in [6, 6.07) is 14.5. The molecular weight excluding hydrogens is 304 g/mol. The fourth-order valence-corrected chi connectivity index (χ4v) is 2.27. The average Bonchev–Trinajstić information content (AvgIpc) is 2.58. The lowest BCUT2D eigenvalue weighted by Gasteiger charge is -2.13. The molecule has 0 aliphatic heterocycles. The minimum Gasteiger partial charge on any atom is -0.496 e. The highest BCUT2D eigenvalue weighted by molar-refractivity contribution is 6.21. The maximum atomic E-state index is 11.8. The summed E-state index contributed by atoms with van der Waals surface area (Å²) in [5.74, 6) is 0.555.